The van der Waals surface area contributed by atoms with Crippen molar-refractivity contribution in [2.45, 2.75) is 36.8 Å². The van der Waals surface area contributed by atoms with E-state index in [-0.39, 0.29) is 22.5 Å². The number of carbonyl (C=O) groups excluding carboxylic acids is 2. The van der Waals surface area contributed by atoms with Crippen LogP contribution < -0.4 is 0 Å². The average Bonchev–Trinajstić information content (AvgIpc) is 2.94. The molecule has 0 bridgehead atoms. The molecule has 0 atom stereocenters. The van der Waals surface area contributed by atoms with E-state index in [2.05, 4.69) is 0 Å². The van der Waals surface area contributed by atoms with Crippen molar-refractivity contribution in [3.63, 3.8) is 0 Å². The Morgan fingerprint density at radius 1 is 1.18 bits per heavy atom. The molecule has 0 spiro atoms. The maximum atomic E-state index is 13.0. The molecule has 22 heavy (non-hydrogen) atoms. The lowest BCUT2D eigenvalue weighted by atomic mass is 9.90. The molecule has 0 saturated heterocycles. The van der Waals surface area contributed by atoms with Gasteiger partial charge in [-0.25, -0.2) is 0 Å². The van der Waals surface area contributed by atoms with Crippen LogP contribution in [0.5, 0.6) is 0 Å². The van der Waals surface area contributed by atoms with E-state index in [9.17, 15) is 22.8 Å². The molecule has 0 N–H and O–H groups in total. The van der Waals surface area contributed by atoms with Crippen molar-refractivity contribution in [2.75, 3.05) is 5.75 Å². The third-order valence-corrected chi connectivity index (χ3v) is 5.07. The second-order valence-electron chi connectivity index (χ2n) is 5.33. The summed E-state index contributed by atoms with van der Waals surface area (Å²) in [6.07, 6.45) is -0.816. The fourth-order valence-electron chi connectivity index (χ4n) is 2.86. The van der Waals surface area contributed by atoms with Crippen LogP contribution in [0.3, 0.4) is 0 Å². The smallest absolute Gasteiger partial charge is 0.294 e. The molecule has 116 valence electrons. The van der Waals surface area contributed by atoms with Gasteiger partial charge in [-0.1, -0.05) is 6.08 Å². The Morgan fingerprint density at radius 2 is 1.95 bits per heavy atom. The van der Waals surface area contributed by atoms with Crippen LogP contribution in [0.15, 0.2) is 28.7 Å². The Hall–Kier alpha value is -1.56. The fourth-order valence-corrected chi connectivity index (χ4v) is 4.08. The first-order valence-electron chi connectivity index (χ1n) is 7.03. The molecule has 1 aliphatic carbocycles. The van der Waals surface area contributed by atoms with Crippen LogP contribution in [-0.4, -0.2) is 17.3 Å². The number of Topliss-reactive ketones (excluding diaryl/α,β-unsaturated/α-hetero) is 2. The number of allylic oxidation sites excluding steroid dienone is 2. The number of hydrogen-bond donors (Lipinski definition) is 0. The van der Waals surface area contributed by atoms with Crippen molar-refractivity contribution in [2.24, 2.45) is 0 Å². The first-order valence-corrected chi connectivity index (χ1v) is 8.02. The number of thioether (sulfide) groups is 1. The number of halogens is 3. The van der Waals surface area contributed by atoms with E-state index in [1.807, 2.05) is 0 Å². The molecule has 2 nitrogen and oxygen atoms in total. The molecule has 0 radical (unpaired) electrons. The van der Waals surface area contributed by atoms with Crippen LogP contribution in [0.1, 0.15) is 40.7 Å². The average molecular weight is 326 g/mol. The zero-order valence-electron chi connectivity index (χ0n) is 11.6. The van der Waals surface area contributed by atoms with Gasteiger partial charge in [0.15, 0.2) is 11.6 Å². The van der Waals surface area contributed by atoms with Gasteiger partial charge in [0.25, 0.3) is 0 Å². The molecule has 0 aromatic heterocycles. The summed E-state index contributed by atoms with van der Waals surface area (Å²) >= 11 is 1.26. The van der Waals surface area contributed by atoms with E-state index in [1.165, 1.54) is 17.8 Å². The number of rotatable bonds is 2. The zero-order chi connectivity index (χ0) is 15.9. The number of ketones is 2. The quantitative estimate of drug-likeness (QED) is 0.603. The van der Waals surface area contributed by atoms with Crippen molar-refractivity contribution in [3.05, 3.63) is 40.5 Å². The Balaban J connectivity index is 2.06. The van der Waals surface area contributed by atoms with E-state index in [4.69, 9.17) is 0 Å². The van der Waals surface area contributed by atoms with E-state index in [0.717, 1.165) is 12.5 Å². The second kappa shape index (κ2) is 5.57. The van der Waals surface area contributed by atoms with Gasteiger partial charge in [0, 0.05) is 22.6 Å². The van der Waals surface area contributed by atoms with Crippen molar-refractivity contribution >= 4 is 23.3 Å². The van der Waals surface area contributed by atoms with E-state index < -0.39 is 17.5 Å². The highest BCUT2D eigenvalue weighted by atomic mass is 32.2. The van der Waals surface area contributed by atoms with E-state index in [0.29, 0.717) is 29.9 Å². The predicted octanol–water partition coefficient (Wildman–Crippen LogP) is 4.22. The Morgan fingerprint density at radius 3 is 2.64 bits per heavy atom. The third-order valence-electron chi connectivity index (χ3n) is 3.91. The molecular formula is C16H13F3O2S. The summed E-state index contributed by atoms with van der Waals surface area (Å²) in [6, 6.07) is 2.18. The minimum atomic E-state index is -4.42. The summed E-state index contributed by atoms with van der Waals surface area (Å²) in [5, 5.41) is 0. The summed E-state index contributed by atoms with van der Waals surface area (Å²) in [6.45, 7) is 0. The first-order chi connectivity index (χ1) is 10.4. The number of alkyl halides is 3. The lowest BCUT2D eigenvalue weighted by molar-refractivity contribution is -0.138. The van der Waals surface area contributed by atoms with Crippen LogP contribution in [0.4, 0.5) is 13.2 Å². The van der Waals surface area contributed by atoms with Crippen molar-refractivity contribution in [3.8, 4) is 0 Å². The van der Waals surface area contributed by atoms with Crippen LogP contribution in [0.2, 0.25) is 0 Å². The zero-order valence-corrected chi connectivity index (χ0v) is 12.4. The van der Waals surface area contributed by atoms with E-state index in [1.54, 1.807) is 6.08 Å². The summed E-state index contributed by atoms with van der Waals surface area (Å²) in [4.78, 5) is 24.8. The molecule has 6 heteroatoms. The Labute approximate surface area is 129 Å². The maximum Gasteiger partial charge on any atom is 0.416 e. The SMILES string of the molecule is O=C1CCCC=C1C(=O)c1ccc(C(F)(F)F)c2c1SCC2. The highest BCUT2D eigenvalue weighted by Gasteiger charge is 2.37. The highest BCUT2D eigenvalue weighted by Crippen LogP contribution is 2.43. The van der Waals surface area contributed by atoms with Crippen LogP contribution in [0, 0.1) is 0 Å². The van der Waals surface area contributed by atoms with Gasteiger partial charge in [0.05, 0.1) is 11.1 Å². The van der Waals surface area contributed by atoms with Gasteiger partial charge < -0.3 is 0 Å². The number of benzene rings is 1. The second-order valence-corrected chi connectivity index (χ2v) is 6.43. The van der Waals surface area contributed by atoms with Crippen molar-refractivity contribution in [1.82, 2.24) is 0 Å². The molecule has 0 amide bonds. The van der Waals surface area contributed by atoms with Crippen LogP contribution >= 0.6 is 11.8 Å². The largest absolute Gasteiger partial charge is 0.416 e. The van der Waals surface area contributed by atoms with Gasteiger partial charge in [-0.3, -0.25) is 9.59 Å². The summed E-state index contributed by atoms with van der Waals surface area (Å²) < 4.78 is 39.1. The van der Waals surface area contributed by atoms with E-state index >= 15 is 0 Å². The Bertz CT molecular complexity index is 689. The van der Waals surface area contributed by atoms with Gasteiger partial charge in [-0.05, 0) is 37.0 Å². The minimum absolute atomic E-state index is 0.126. The molecule has 1 aliphatic heterocycles. The molecule has 0 fully saturated rings. The summed E-state index contributed by atoms with van der Waals surface area (Å²) in [5.74, 6) is -0.132. The normalized spacial score (nSPS) is 18.1. The monoisotopic (exact) mass is 326 g/mol. The van der Waals surface area contributed by atoms with Gasteiger partial charge in [-0.2, -0.15) is 13.2 Å². The summed E-state index contributed by atoms with van der Waals surface area (Å²) in [5.41, 5.74) is -0.132. The minimum Gasteiger partial charge on any atom is -0.294 e. The fraction of sp³-hybridized carbons (Fsp3) is 0.375. The number of hydrogen-bond acceptors (Lipinski definition) is 3. The van der Waals surface area contributed by atoms with Crippen LogP contribution in [0.25, 0.3) is 0 Å². The number of carbonyl (C=O) groups is 2. The predicted molar refractivity (Wildman–Crippen MR) is 77.1 cm³/mol. The topological polar surface area (TPSA) is 34.1 Å². The lowest BCUT2D eigenvalue weighted by Gasteiger charge is -2.16. The Kier molecular flexibility index (Phi) is 3.89. The molecule has 1 aromatic rings. The molecule has 1 aromatic carbocycles. The molecule has 1 heterocycles. The molecule has 3 rings (SSSR count). The molecule has 0 unspecified atom stereocenters. The van der Waals surface area contributed by atoms with Gasteiger partial charge >= 0.3 is 6.18 Å². The first kappa shape index (κ1) is 15.3. The third kappa shape index (κ3) is 2.60. The lowest BCUT2D eigenvalue weighted by Crippen LogP contribution is -2.18. The molecule has 0 saturated carbocycles. The summed E-state index contributed by atoms with van der Waals surface area (Å²) in [7, 11) is 0. The van der Waals surface area contributed by atoms with Gasteiger partial charge in [-0.15, -0.1) is 11.8 Å². The highest BCUT2D eigenvalue weighted by molar-refractivity contribution is 7.99. The van der Waals surface area contributed by atoms with Crippen molar-refractivity contribution < 1.29 is 22.8 Å². The standard InChI is InChI=1S/C16H13F3O2S/c17-16(18,19)12-6-5-11(15-9(12)7-8-22-15)14(21)10-3-1-2-4-13(10)20/h3,5-6H,1-2,4,7-8H2. The van der Waals surface area contributed by atoms with Crippen LogP contribution in [-0.2, 0) is 17.4 Å². The molecular weight excluding hydrogens is 313 g/mol. The maximum absolute atomic E-state index is 13.0. The van der Waals surface area contributed by atoms with Crippen molar-refractivity contribution in [1.29, 1.82) is 0 Å². The molecule has 2 aliphatic rings. The van der Waals surface area contributed by atoms with Gasteiger partial charge in [0.1, 0.15) is 0 Å². The van der Waals surface area contributed by atoms with Gasteiger partial charge in [0.2, 0.25) is 0 Å². The number of fused-ring (bicyclic) bond motifs is 1.